The molecule has 0 bridgehead atoms. The number of nitrogens with zero attached hydrogens (tertiary/aromatic N) is 2. The van der Waals surface area contributed by atoms with Gasteiger partial charge in [0.05, 0.1) is 5.69 Å². The predicted molar refractivity (Wildman–Crippen MR) is 48.3 cm³/mol. The van der Waals surface area contributed by atoms with E-state index in [-0.39, 0.29) is 0 Å². The van der Waals surface area contributed by atoms with Gasteiger partial charge in [-0.1, -0.05) is 11.8 Å². The van der Waals surface area contributed by atoms with Crippen LogP contribution in [0.15, 0.2) is 15.9 Å². The molecule has 0 atom stereocenters. The SMILES string of the molecule is Cc1ocnc1CS/C(N)=N/N. The number of oxazole rings is 1. The van der Waals surface area contributed by atoms with Crippen LogP contribution in [0.5, 0.6) is 0 Å². The van der Waals surface area contributed by atoms with Gasteiger partial charge in [0.15, 0.2) is 11.6 Å². The number of aromatic nitrogens is 1. The average Bonchev–Trinajstić information content (AvgIpc) is 2.47. The zero-order valence-electron chi connectivity index (χ0n) is 6.65. The van der Waals surface area contributed by atoms with Gasteiger partial charge >= 0.3 is 0 Å². The van der Waals surface area contributed by atoms with E-state index in [4.69, 9.17) is 16.0 Å². The molecule has 1 heterocycles. The molecule has 0 aliphatic carbocycles. The Morgan fingerprint density at radius 1 is 1.83 bits per heavy atom. The smallest absolute Gasteiger partial charge is 0.181 e. The van der Waals surface area contributed by atoms with Crippen molar-refractivity contribution in [1.82, 2.24) is 4.98 Å². The van der Waals surface area contributed by atoms with E-state index in [1.54, 1.807) is 0 Å². The van der Waals surface area contributed by atoms with Crippen LogP contribution in [-0.4, -0.2) is 10.2 Å². The van der Waals surface area contributed by atoms with Crippen LogP contribution in [0.4, 0.5) is 0 Å². The second-order valence-electron chi connectivity index (χ2n) is 2.11. The summed E-state index contributed by atoms with van der Waals surface area (Å²) in [6.07, 6.45) is 1.40. The summed E-state index contributed by atoms with van der Waals surface area (Å²) in [5.41, 5.74) is 6.24. The minimum Gasteiger partial charge on any atom is -0.448 e. The van der Waals surface area contributed by atoms with Gasteiger partial charge in [0.1, 0.15) is 5.76 Å². The molecule has 0 radical (unpaired) electrons. The quantitative estimate of drug-likeness (QED) is 0.302. The van der Waals surface area contributed by atoms with Crippen LogP contribution < -0.4 is 11.6 Å². The Kier molecular flexibility index (Phi) is 2.98. The molecule has 4 N–H and O–H groups in total. The van der Waals surface area contributed by atoms with Gasteiger partial charge in [-0.05, 0) is 6.92 Å². The van der Waals surface area contributed by atoms with Crippen LogP contribution in [0.3, 0.4) is 0 Å². The van der Waals surface area contributed by atoms with Crippen molar-refractivity contribution in [3.63, 3.8) is 0 Å². The molecule has 0 spiro atoms. The zero-order valence-corrected chi connectivity index (χ0v) is 7.47. The molecule has 0 saturated carbocycles. The highest BCUT2D eigenvalue weighted by Gasteiger charge is 2.03. The fourth-order valence-electron chi connectivity index (χ4n) is 0.646. The maximum absolute atomic E-state index is 5.37. The first-order valence-corrected chi connectivity index (χ1v) is 4.27. The third-order valence-corrected chi connectivity index (χ3v) is 2.15. The number of rotatable bonds is 2. The maximum Gasteiger partial charge on any atom is 0.181 e. The Bertz CT molecular complexity index is 283. The van der Waals surface area contributed by atoms with E-state index in [1.807, 2.05) is 6.92 Å². The molecule has 6 heteroatoms. The van der Waals surface area contributed by atoms with Crippen molar-refractivity contribution >= 4 is 16.9 Å². The monoisotopic (exact) mass is 186 g/mol. The van der Waals surface area contributed by atoms with Crippen LogP contribution in [-0.2, 0) is 5.75 Å². The van der Waals surface area contributed by atoms with Gasteiger partial charge in [0.25, 0.3) is 0 Å². The number of nitrogens with two attached hydrogens (primary N) is 2. The van der Waals surface area contributed by atoms with E-state index in [0.29, 0.717) is 10.9 Å². The highest BCUT2D eigenvalue weighted by molar-refractivity contribution is 8.13. The Morgan fingerprint density at radius 2 is 2.58 bits per heavy atom. The van der Waals surface area contributed by atoms with Crippen molar-refractivity contribution in [2.24, 2.45) is 16.7 Å². The fourth-order valence-corrected chi connectivity index (χ4v) is 1.28. The van der Waals surface area contributed by atoms with Gasteiger partial charge in [-0.3, -0.25) is 0 Å². The molecule has 0 saturated heterocycles. The fraction of sp³-hybridized carbons (Fsp3) is 0.333. The summed E-state index contributed by atoms with van der Waals surface area (Å²) in [5.74, 6) is 6.38. The first kappa shape index (κ1) is 8.92. The second-order valence-corrected chi connectivity index (χ2v) is 3.11. The lowest BCUT2D eigenvalue weighted by Crippen LogP contribution is -2.09. The number of hydrazone groups is 1. The molecule has 1 aromatic rings. The summed E-state index contributed by atoms with van der Waals surface area (Å²) in [6.45, 7) is 1.85. The van der Waals surface area contributed by atoms with Gasteiger partial charge in [0.2, 0.25) is 0 Å². The van der Waals surface area contributed by atoms with E-state index >= 15 is 0 Å². The molecule has 5 nitrogen and oxygen atoms in total. The van der Waals surface area contributed by atoms with E-state index in [0.717, 1.165) is 11.5 Å². The molecule has 0 aliphatic heterocycles. The summed E-state index contributed by atoms with van der Waals surface area (Å²) < 4.78 is 4.99. The highest BCUT2D eigenvalue weighted by Crippen LogP contribution is 2.13. The summed E-state index contributed by atoms with van der Waals surface area (Å²) in [5, 5.41) is 3.66. The number of aryl methyl sites for hydroxylation is 1. The Hall–Kier alpha value is -1.17. The first-order chi connectivity index (χ1) is 5.74. The zero-order chi connectivity index (χ0) is 8.97. The normalized spacial score (nSPS) is 11.9. The Balaban J connectivity index is 2.49. The topological polar surface area (TPSA) is 90.4 Å². The summed E-state index contributed by atoms with van der Waals surface area (Å²) in [4.78, 5) is 3.98. The van der Waals surface area contributed by atoms with Crippen LogP contribution in [0.2, 0.25) is 0 Å². The largest absolute Gasteiger partial charge is 0.448 e. The first-order valence-electron chi connectivity index (χ1n) is 3.29. The summed E-state index contributed by atoms with van der Waals surface area (Å²) >= 11 is 1.33. The third-order valence-electron chi connectivity index (χ3n) is 1.33. The van der Waals surface area contributed by atoms with Crippen LogP contribution in [0, 0.1) is 6.92 Å². The van der Waals surface area contributed by atoms with E-state index < -0.39 is 0 Å². The van der Waals surface area contributed by atoms with Crippen molar-refractivity contribution in [3.05, 3.63) is 17.8 Å². The van der Waals surface area contributed by atoms with Crippen molar-refractivity contribution in [1.29, 1.82) is 0 Å². The molecular weight excluding hydrogens is 176 g/mol. The lowest BCUT2D eigenvalue weighted by Gasteiger charge is -1.95. The summed E-state index contributed by atoms with van der Waals surface area (Å²) in [7, 11) is 0. The van der Waals surface area contributed by atoms with Crippen LogP contribution in [0.25, 0.3) is 0 Å². The molecule has 1 rings (SSSR count). The maximum atomic E-state index is 5.37. The number of hydrogen-bond donors (Lipinski definition) is 2. The molecule has 12 heavy (non-hydrogen) atoms. The number of thioether (sulfide) groups is 1. The van der Waals surface area contributed by atoms with Gasteiger partial charge in [-0.25, -0.2) is 4.98 Å². The molecule has 0 amide bonds. The predicted octanol–water partition coefficient (Wildman–Crippen LogP) is 0.405. The molecule has 0 aromatic carbocycles. The lowest BCUT2D eigenvalue weighted by atomic mass is 10.4. The number of hydrogen-bond acceptors (Lipinski definition) is 5. The second kappa shape index (κ2) is 4.01. The Morgan fingerprint density at radius 3 is 3.08 bits per heavy atom. The van der Waals surface area contributed by atoms with Crippen LogP contribution in [0.1, 0.15) is 11.5 Å². The number of amidine groups is 1. The average molecular weight is 186 g/mol. The summed E-state index contributed by atoms with van der Waals surface area (Å²) in [6, 6.07) is 0. The van der Waals surface area contributed by atoms with E-state index in [2.05, 4.69) is 10.1 Å². The molecule has 0 fully saturated rings. The van der Waals surface area contributed by atoms with E-state index in [1.165, 1.54) is 18.2 Å². The molecular formula is C6H10N4OS. The highest BCUT2D eigenvalue weighted by atomic mass is 32.2. The lowest BCUT2D eigenvalue weighted by molar-refractivity contribution is 0.525. The van der Waals surface area contributed by atoms with Crippen molar-refractivity contribution in [3.8, 4) is 0 Å². The molecule has 0 unspecified atom stereocenters. The standard InChI is InChI=1S/C6H10N4OS/c1-4-5(9-3-11-4)2-12-6(7)10-8/h3H,2,8H2,1H3,(H2,7,10). The van der Waals surface area contributed by atoms with E-state index in [9.17, 15) is 0 Å². The molecule has 1 aromatic heterocycles. The minimum absolute atomic E-state index is 0.345. The third kappa shape index (κ3) is 2.16. The van der Waals surface area contributed by atoms with Crippen molar-refractivity contribution in [2.45, 2.75) is 12.7 Å². The van der Waals surface area contributed by atoms with Gasteiger partial charge in [-0.2, -0.15) is 5.10 Å². The minimum atomic E-state index is 0.345. The van der Waals surface area contributed by atoms with Gasteiger partial charge < -0.3 is 16.0 Å². The van der Waals surface area contributed by atoms with Gasteiger partial charge in [0, 0.05) is 5.75 Å². The van der Waals surface area contributed by atoms with Crippen molar-refractivity contribution < 1.29 is 4.42 Å². The van der Waals surface area contributed by atoms with Crippen molar-refractivity contribution in [2.75, 3.05) is 0 Å². The molecule has 0 aliphatic rings. The van der Waals surface area contributed by atoms with Gasteiger partial charge in [-0.15, -0.1) is 0 Å². The Labute approximate surface area is 74.2 Å². The van der Waals surface area contributed by atoms with Crippen LogP contribution >= 0.6 is 11.8 Å². The molecule has 66 valence electrons.